The van der Waals surface area contributed by atoms with Crippen LogP contribution in [0.15, 0.2) is 76.7 Å². The Bertz CT molecular complexity index is 1290. The highest BCUT2D eigenvalue weighted by molar-refractivity contribution is 7.89. The van der Waals surface area contributed by atoms with E-state index < -0.39 is 10.0 Å². The largest absolute Gasteiger partial charge is 0.341 e. The number of fused-ring (bicyclic) bond motifs is 3. The Morgan fingerprint density at radius 2 is 1.71 bits per heavy atom. The SMILES string of the molecule is CCn1c2ccccc2c2cc(C=NNc3ccc(S(N)(=O)=O)cc3)ccc21. The smallest absolute Gasteiger partial charge is 0.238 e. The van der Waals surface area contributed by atoms with Crippen molar-refractivity contribution in [2.24, 2.45) is 10.2 Å². The van der Waals surface area contributed by atoms with Crippen molar-refractivity contribution < 1.29 is 8.42 Å². The minimum Gasteiger partial charge on any atom is -0.341 e. The molecule has 4 aromatic rings. The maximum Gasteiger partial charge on any atom is 0.238 e. The molecule has 0 atom stereocenters. The molecule has 0 radical (unpaired) electrons. The summed E-state index contributed by atoms with van der Waals surface area (Å²) in [5.74, 6) is 0. The number of para-hydroxylation sites is 1. The first-order valence-electron chi connectivity index (χ1n) is 8.90. The van der Waals surface area contributed by atoms with E-state index >= 15 is 0 Å². The number of anilines is 1. The normalized spacial score (nSPS) is 12.2. The highest BCUT2D eigenvalue weighted by Crippen LogP contribution is 2.29. The average Bonchev–Trinajstić information content (AvgIpc) is 3.01. The first-order chi connectivity index (χ1) is 13.5. The first-order valence-corrected chi connectivity index (χ1v) is 10.4. The molecule has 0 aliphatic carbocycles. The zero-order valence-corrected chi connectivity index (χ0v) is 16.1. The number of aryl methyl sites for hydroxylation is 1. The zero-order valence-electron chi connectivity index (χ0n) is 15.3. The van der Waals surface area contributed by atoms with E-state index in [1.165, 1.54) is 33.9 Å². The lowest BCUT2D eigenvalue weighted by atomic mass is 10.1. The van der Waals surface area contributed by atoms with Crippen LogP contribution in [0.2, 0.25) is 0 Å². The molecular formula is C21H20N4O2S. The molecule has 0 saturated heterocycles. The van der Waals surface area contributed by atoms with Gasteiger partial charge in [-0.15, -0.1) is 0 Å². The van der Waals surface area contributed by atoms with Gasteiger partial charge in [-0.1, -0.05) is 24.3 Å². The number of hydrogen-bond donors (Lipinski definition) is 2. The van der Waals surface area contributed by atoms with Crippen LogP contribution in [0.5, 0.6) is 0 Å². The van der Waals surface area contributed by atoms with Crippen molar-refractivity contribution in [1.29, 1.82) is 0 Å². The van der Waals surface area contributed by atoms with Gasteiger partial charge in [0, 0.05) is 28.4 Å². The molecule has 0 unspecified atom stereocenters. The second-order valence-electron chi connectivity index (χ2n) is 6.48. The number of hydrogen-bond acceptors (Lipinski definition) is 4. The highest BCUT2D eigenvalue weighted by atomic mass is 32.2. The van der Waals surface area contributed by atoms with E-state index in [1.807, 2.05) is 6.07 Å². The van der Waals surface area contributed by atoms with Crippen LogP contribution >= 0.6 is 0 Å². The zero-order chi connectivity index (χ0) is 19.7. The van der Waals surface area contributed by atoms with E-state index in [0.29, 0.717) is 5.69 Å². The van der Waals surface area contributed by atoms with E-state index in [1.54, 1.807) is 18.3 Å². The van der Waals surface area contributed by atoms with Crippen LogP contribution in [-0.4, -0.2) is 19.2 Å². The molecule has 7 heteroatoms. The number of nitrogens with one attached hydrogen (secondary N) is 1. The predicted molar refractivity (Wildman–Crippen MR) is 114 cm³/mol. The molecule has 0 saturated carbocycles. The standard InChI is InChI=1S/C21H20N4O2S/c1-2-25-20-6-4-3-5-18(20)19-13-15(7-12-21(19)25)14-23-24-16-8-10-17(11-9-16)28(22,26)27/h3-14,24H,2H2,1H3,(H2,22,26,27). The summed E-state index contributed by atoms with van der Waals surface area (Å²) in [4.78, 5) is 0.0693. The summed E-state index contributed by atoms with van der Waals surface area (Å²) in [7, 11) is -3.69. The number of sulfonamides is 1. The molecule has 0 bridgehead atoms. The molecule has 0 amide bonds. The number of primary sulfonamides is 1. The van der Waals surface area contributed by atoms with Crippen molar-refractivity contribution in [3.8, 4) is 0 Å². The summed E-state index contributed by atoms with van der Waals surface area (Å²) in [5, 5.41) is 11.8. The molecule has 142 valence electrons. The van der Waals surface area contributed by atoms with Crippen molar-refractivity contribution in [2.75, 3.05) is 5.43 Å². The Morgan fingerprint density at radius 1 is 1.00 bits per heavy atom. The molecule has 3 aromatic carbocycles. The third-order valence-electron chi connectivity index (χ3n) is 4.70. The Balaban J connectivity index is 1.60. The van der Waals surface area contributed by atoms with Crippen molar-refractivity contribution >= 4 is 43.7 Å². The fraction of sp³-hybridized carbons (Fsp3) is 0.0952. The number of benzene rings is 3. The number of hydrazone groups is 1. The summed E-state index contributed by atoms with van der Waals surface area (Å²) in [6.07, 6.45) is 1.74. The predicted octanol–water partition coefficient (Wildman–Crippen LogP) is 3.91. The van der Waals surface area contributed by atoms with Crippen molar-refractivity contribution in [2.45, 2.75) is 18.4 Å². The fourth-order valence-electron chi connectivity index (χ4n) is 3.39. The van der Waals surface area contributed by atoms with Gasteiger partial charge in [-0.3, -0.25) is 5.43 Å². The molecule has 0 fully saturated rings. The first kappa shape index (κ1) is 18.2. The van der Waals surface area contributed by atoms with Crippen LogP contribution in [0.1, 0.15) is 12.5 Å². The van der Waals surface area contributed by atoms with Gasteiger partial charge in [-0.25, -0.2) is 13.6 Å². The second kappa shape index (κ2) is 7.10. The van der Waals surface area contributed by atoms with E-state index in [-0.39, 0.29) is 4.90 Å². The third kappa shape index (κ3) is 3.37. The minimum absolute atomic E-state index is 0.0693. The van der Waals surface area contributed by atoms with Gasteiger partial charge >= 0.3 is 0 Å². The monoisotopic (exact) mass is 392 g/mol. The summed E-state index contributed by atoms with van der Waals surface area (Å²) in [6.45, 7) is 3.06. The molecule has 1 heterocycles. The van der Waals surface area contributed by atoms with E-state index in [4.69, 9.17) is 5.14 Å². The molecule has 28 heavy (non-hydrogen) atoms. The Labute approximate surface area is 163 Å². The van der Waals surface area contributed by atoms with Crippen LogP contribution in [0.3, 0.4) is 0 Å². The highest BCUT2D eigenvalue weighted by Gasteiger charge is 2.09. The number of aromatic nitrogens is 1. The number of rotatable bonds is 5. The number of nitrogens with two attached hydrogens (primary N) is 1. The second-order valence-corrected chi connectivity index (χ2v) is 8.04. The molecule has 0 aliphatic heterocycles. The van der Waals surface area contributed by atoms with E-state index in [2.05, 4.69) is 58.4 Å². The van der Waals surface area contributed by atoms with Gasteiger partial charge in [0.1, 0.15) is 0 Å². The van der Waals surface area contributed by atoms with Gasteiger partial charge in [0.2, 0.25) is 10.0 Å². The Morgan fingerprint density at radius 3 is 2.43 bits per heavy atom. The lowest BCUT2D eigenvalue weighted by Crippen LogP contribution is -2.11. The Hall–Kier alpha value is -3.16. The van der Waals surface area contributed by atoms with Crippen molar-refractivity contribution in [3.05, 3.63) is 72.3 Å². The van der Waals surface area contributed by atoms with E-state index in [0.717, 1.165) is 12.1 Å². The molecule has 4 rings (SSSR count). The lowest BCUT2D eigenvalue weighted by molar-refractivity contribution is 0.598. The lowest BCUT2D eigenvalue weighted by Gasteiger charge is -2.03. The van der Waals surface area contributed by atoms with Crippen LogP contribution in [0.25, 0.3) is 21.8 Å². The van der Waals surface area contributed by atoms with Gasteiger partial charge < -0.3 is 4.57 Å². The van der Waals surface area contributed by atoms with Crippen LogP contribution < -0.4 is 10.6 Å². The summed E-state index contributed by atoms with van der Waals surface area (Å²) in [6, 6.07) is 20.8. The molecule has 0 aliphatic rings. The maximum absolute atomic E-state index is 11.3. The fourth-order valence-corrected chi connectivity index (χ4v) is 3.91. The average molecular weight is 392 g/mol. The molecule has 6 nitrogen and oxygen atoms in total. The number of nitrogens with zero attached hydrogens (tertiary/aromatic N) is 2. The molecule has 3 N–H and O–H groups in total. The van der Waals surface area contributed by atoms with Crippen molar-refractivity contribution in [1.82, 2.24) is 4.57 Å². The summed E-state index contributed by atoms with van der Waals surface area (Å²) in [5.41, 5.74) is 6.97. The Kier molecular flexibility index (Phi) is 4.62. The van der Waals surface area contributed by atoms with Crippen molar-refractivity contribution in [3.63, 3.8) is 0 Å². The molecular weight excluding hydrogens is 372 g/mol. The summed E-state index contributed by atoms with van der Waals surface area (Å²) >= 11 is 0. The van der Waals surface area contributed by atoms with Gasteiger partial charge in [-0.05, 0) is 55.0 Å². The topological polar surface area (TPSA) is 89.5 Å². The quantitative estimate of drug-likeness (QED) is 0.399. The molecule has 1 aromatic heterocycles. The van der Waals surface area contributed by atoms with Gasteiger partial charge in [-0.2, -0.15) is 5.10 Å². The third-order valence-corrected chi connectivity index (χ3v) is 5.63. The van der Waals surface area contributed by atoms with Crippen LogP contribution in [0.4, 0.5) is 5.69 Å². The molecule has 0 spiro atoms. The van der Waals surface area contributed by atoms with Gasteiger partial charge in [0.15, 0.2) is 0 Å². The van der Waals surface area contributed by atoms with Crippen LogP contribution in [-0.2, 0) is 16.6 Å². The van der Waals surface area contributed by atoms with E-state index in [9.17, 15) is 8.42 Å². The minimum atomic E-state index is -3.69. The van der Waals surface area contributed by atoms with Crippen LogP contribution in [0, 0.1) is 0 Å². The van der Waals surface area contributed by atoms with Gasteiger partial charge in [0.05, 0.1) is 16.8 Å². The van der Waals surface area contributed by atoms with Gasteiger partial charge in [0.25, 0.3) is 0 Å². The maximum atomic E-state index is 11.3. The summed E-state index contributed by atoms with van der Waals surface area (Å²) < 4.78 is 24.9.